The first kappa shape index (κ1) is 21.8. The molecule has 1 heterocycles. The van der Waals surface area contributed by atoms with E-state index in [1.807, 2.05) is 30.3 Å². The maximum absolute atomic E-state index is 13.2. The predicted octanol–water partition coefficient (Wildman–Crippen LogP) is 2.57. The average molecular weight is 418 g/mol. The highest BCUT2D eigenvalue weighted by Crippen LogP contribution is 2.33. The Morgan fingerprint density at radius 2 is 1.94 bits per heavy atom. The molecule has 31 heavy (non-hydrogen) atoms. The Labute approximate surface area is 182 Å². The number of rotatable bonds is 6. The molecule has 5 N–H and O–H groups in total. The van der Waals surface area contributed by atoms with Gasteiger partial charge in [0.05, 0.1) is 18.5 Å². The third-order valence-electron chi connectivity index (χ3n) is 5.30. The predicted molar refractivity (Wildman–Crippen MR) is 123 cm³/mol. The number of hydrogen-bond donors (Lipinski definition) is 3. The molecule has 1 aliphatic heterocycles. The SMILES string of the molecule is CN=CC(=CN)[C@H]1CN(C(=O)/C(N)=C/C(=N)c2ccccc2OC)Cc2ccccc21. The third kappa shape index (κ3) is 4.66. The van der Waals surface area contributed by atoms with Crippen LogP contribution in [0.15, 0.2) is 77.1 Å². The molecular weight excluding hydrogens is 390 g/mol. The van der Waals surface area contributed by atoms with Crippen LogP contribution in [0.1, 0.15) is 22.6 Å². The number of nitrogens with two attached hydrogens (primary N) is 2. The van der Waals surface area contributed by atoms with E-state index in [2.05, 4.69) is 4.99 Å². The van der Waals surface area contributed by atoms with Crippen LogP contribution in [0, 0.1) is 5.41 Å². The van der Waals surface area contributed by atoms with Crippen LogP contribution in [0.25, 0.3) is 0 Å². The van der Waals surface area contributed by atoms with Crippen LogP contribution in [-0.2, 0) is 11.3 Å². The molecule has 0 saturated heterocycles. The molecule has 0 bridgehead atoms. The summed E-state index contributed by atoms with van der Waals surface area (Å²) < 4.78 is 5.30. The quantitative estimate of drug-likeness (QED) is 0.494. The molecule has 0 aromatic heterocycles. The zero-order chi connectivity index (χ0) is 22.4. The maximum atomic E-state index is 13.2. The summed E-state index contributed by atoms with van der Waals surface area (Å²) >= 11 is 0. The van der Waals surface area contributed by atoms with Gasteiger partial charge in [0.15, 0.2) is 0 Å². The molecule has 0 radical (unpaired) electrons. The van der Waals surface area contributed by atoms with Gasteiger partial charge in [-0.3, -0.25) is 9.79 Å². The number of nitrogens with one attached hydrogen (secondary N) is 1. The van der Waals surface area contributed by atoms with Gasteiger partial charge < -0.3 is 26.5 Å². The Morgan fingerprint density at radius 3 is 2.65 bits per heavy atom. The first-order chi connectivity index (χ1) is 15.0. The summed E-state index contributed by atoms with van der Waals surface area (Å²) in [5, 5.41) is 8.37. The lowest BCUT2D eigenvalue weighted by molar-refractivity contribution is -0.128. The van der Waals surface area contributed by atoms with Crippen molar-refractivity contribution in [2.45, 2.75) is 12.5 Å². The van der Waals surface area contributed by atoms with Gasteiger partial charge in [-0.1, -0.05) is 36.4 Å². The summed E-state index contributed by atoms with van der Waals surface area (Å²) in [5.74, 6) is 0.112. The van der Waals surface area contributed by atoms with Crippen LogP contribution >= 0.6 is 0 Å². The molecule has 1 atom stereocenters. The molecule has 2 aromatic carbocycles. The van der Waals surface area contributed by atoms with Crippen molar-refractivity contribution in [3.63, 3.8) is 0 Å². The number of para-hydroxylation sites is 1. The molecule has 0 unspecified atom stereocenters. The topological polar surface area (TPSA) is 118 Å². The van der Waals surface area contributed by atoms with Crippen molar-refractivity contribution in [2.24, 2.45) is 16.5 Å². The number of methoxy groups -OCH3 is 1. The van der Waals surface area contributed by atoms with Crippen molar-refractivity contribution >= 4 is 17.8 Å². The average Bonchev–Trinajstić information content (AvgIpc) is 2.81. The van der Waals surface area contributed by atoms with Gasteiger partial charge in [0.1, 0.15) is 5.75 Å². The minimum absolute atomic E-state index is 0.00326. The number of carbonyl (C=O) groups excluding carboxylic acids is 1. The number of aliphatic imine (C=N–C) groups is 1. The van der Waals surface area contributed by atoms with E-state index in [4.69, 9.17) is 21.6 Å². The van der Waals surface area contributed by atoms with Gasteiger partial charge in [0, 0.05) is 37.8 Å². The van der Waals surface area contributed by atoms with Gasteiger partial charge in [-0.25, -0.2) is 0 Å². The molecule has 3 rings (SSSR count). The minimum Gasteiger partial charge on any atom is -0.496 e. The van der Waals surface area contributed by atoms with Crippen molar-refractivity contribution in [3.05, 3.63) is 88.8 Å². The Balaban J connectivity index is 1.89. The van der Waals surface area contributed by atoms with Gasteiger partial charge in [0.2, 0.25) is 0 Å². The van der Waals surface area contributed by atoms with E-state index < -0.39 is 0 Å². The van der Waals surface area contributed by atoms with Gasteiger partial charge in [0.25, 0.3) is 5.91 Å². The van der Waals surface area contributed by atoms with Crippen LogP contribution in [0.2, 0.25) is 0 Å². The number of ether oxygens (including phenoxy) is 1. The summed E-state index contributed by atoms with van der Waals surface area (Å²) in [6, 6.07) is 15.1. The van der Waals surface area contributed by atoms with E-state index in [1.54, 1.807) is 36.4 Å². The van der Waals surface area contributed by atoms with Crippen LogP contribution < -0.4 is 16.2 Å². The molecule has 0 fully saturated rings. The highest BCUT2D eigenvalue weighted by molar-refractivity contribution is 6.12. The van der Waals surface area contributed by atoms with Crippen molar-refractivity contribution in [2.75, 3.05) is 20.7 Å². The highest BCUT2D eigenvalue weighted by atomic mass is 16.5. The van der Waals surface area contributed by atoms with E-state index in [1.165, 1.54) is 19.4 Å². The van der Waals surface area contributed by atoms with Crippen molar-refractivity contribution < 1.29 is 9.53 Å². The number of carbonyl (C=O) groups is 1. The third-order valence-corrected chi connectivity index (χ3v) is 5.30. The molecule has 0 spiro atoms. The molecule has 1 aliphatic rings. The first-order valence-electron chi connectivity index (χ1n) is 9.90. The molecule has 7 nitrogen and oxygen atoms in total. The fourth-order valence-corrected chi connectivity index (χ4v) is 3.79. The second kappa shape index (κ2) is 9.75. The fourth-order valence-electron chi connectivity index (χ4n) is 3.79. The largest absolute Gasteiger partial charge is 0.496 e. The number of hydrogen-bond acceptors (Lipinski definition) is 6. The Bertz CT molecular complexity index is 1070. The summed E-state index contributed by atoms with van der Waals surface area (Å²) in [6.07, 6.45) is 4.62. The summed E-state index contributed by atoms with van der Waals surface area (Å²) in [5.41, 5.74) is 15.6. The summed E-state index contributed by atoms with van der Waals surface area (Å²) in [4.78, 5) is 18.9. The lowest BCUT2D eigenvalue weighted by atomic mass is 9.85. The van der Waals surface area contributed by atoms with Gasteiger partial charge in [-0.15, -0.1) is 0 Å². The fraction of sp³-hybridized carbons (Fsp3) is 0.208. The lowest BCUT2D eigenvalue weighted by Gasteiger charge is -2.35. The van der Waals surface area contributed by atoms with Crippen LogP contribution in [0.4, 0.5) is 0 Å². The molecule has 0 aliphatic carbocycles. The van der Waals surface area contributed by atoms with Gasteiger partial charge in [-0.2, -0.15) is 0 Å². The van der Waals surface area contributed by atoms with Crippen molar-refractivity contribution in [3.8, 4) is 5.75 Å². The van der Waals surface area contributed by atoms with E-state index >= 15 is 0 Å². The van der Waals surface area contributed by atoms with Crippen LogP contribution in [-0.4, -0.2) is 43.4 Å². The Hall–Kier alpha value is -3.87. The van der Waals surface area contributed by atoms with E-state index in [0.717, 1.165) is 16.7 Å². The number of fused-ring (bicyclic) bond motifs is 1. The summed E-state index contributed by atoms with van der Waals surface area (Å²) in [6.45, 7) is 0.852. The normalized spacial score (nSPS) is 16.8. The Kier molecular flexibility index (Phi) is 6.87. The lowest BCUT2D eigenvalue weighted by Crippen LogP contribution is -2.41. The molecular formula is C24H27N5O2. The molecule has 0 saturated carbocycles. The van der Waals surface area contributed by atoms with Gasteiger partial charge >= 0.3 is 0 Å². The maximum Gasteiger partial charge on any atom is 0.270 e. The highest BCUT2D eigenvalue weighted by Gasteiger charge is 2.30. The minimum atomic E-state index is -0.330. The standard InChI is InChI=1S/C24H27N5O2/c1-28-13-17(12-25)20-15-29(14-16-7-3-4-8-18(16)20)24(30)22(27)11-21(26)19-9-5-6-10-23(19)31-2/h3-13,20,26H,14-15,25,27H2,1-2H3/b17-12?,22-11-,26-21?,28-13?/t20-/m1/s1. The number of nitrogens with zero attached hydrogens (tertiary/aromatic N) is 2. The second-order valence-corrected chi connectivity index (χ2v) is 7.20. The smallest absolute Gasteiger partial charge is 0.270 e. The van der Waals surface area contributed by atoms with E-state index in [-0.39, 0.29) is 23.2 Å². The second-order valence-electron chi connectivity index (χ2n) is 7.20. The summed E-state index contributed by atoms with van der Waals surface area (Å²) in [7, 11) is 3.23. The first-order valence-corrected chi connectivity index (χ1v) is 9.90. The molecule has 1 amide bonds. The van der Waals surface area contributed by atoms with E-state index in [9.17, 15) is 4.79 Å². The Morgan fingerprint density at radius 1 is 1.23 bits per heavy atom. The number of allylic oxidation sites excluding steroid dienone is 1. The number of benzene rings is 2. The molecule has 2 aromatic rings. The molecule has 160 valence electrons. The number of amides is 1. The van der Waals surface area contributed by atoms with Crippen LogP contribution in [0.3, 0.4) is 0 Å². The molecule has 7 heteroatoms. The van der Waals surface area contributed by atoms with Crippen LogP contribution in [0.5, 0.6) is 5.75 Å². The monoisotopic (exact) mass is 417 g/mol. The zero-order valence-corrected chi connectivity index (χ0v) is 17.7. The van der Waals surface area contributed by atoms with Crippen molar-refractivity contribution in [1.82, 2.24) is 4.90 Å². The van der Waals surface area contributed by atoms with E-state index in [0.29, 0.717) is 24.4 Å². The van der Waals surface area contributed by atoms with Gasteiger partial charge in [-0.05, 0) is 41.1 Å². The zero-order valence-electron chi connectivity index (χ0n) is 17.7. The van der Waals surface area contributed by atoms with Crippen molar-refractivity contribution in [1.29, 1.82) is 5.41 Å².